The predicted octanol–water partition coefficient (Wildman–Crippen LogP) is 3.98. The van der Waals surface area contributed by atoms with Crippen molar-refractivity contribution in [3.05, 3.63) is 53.8 Å². The highest BCUT2D eigenvalue weighted by molar-refractivity contribution is 7.91. The van der Waals surface area contributed by atoms with Crippen LogP contribution >= 0.6 is 0 Å². The number of hydrogen-bond donors (Lipinski definition) is 1. The minimum Gasteiger partial charge on any atom is -0.377 e. The van der Waals surface area contributed by atoms with Crippen LogP contribution in [-0.2, 0) is 19.7 Å². The summed E-state index contributed by atoms with van der Waals surface area (Å²) < 4.78 is 61.8. The largest absolute Gasteiger partial charge is 0.377 e. The molecule has 1 aliphatic carbocycles. The molecule has 0 heterocycles. The molecule has 0 aromatic heterocycles. The fraction of sp³-hybridized carbons (Fsp3) is 0.400. The Bertz CT molecular complexity index is 1060. The summed E-state index contributed by atoms with van der Waals surface area (Å²) in [4.78, 5) is -0.0989. The van der Waals surface area contributed by atoms with Gasteiger partial charge in [-0.25, -0.2) is 21.2 Å². The third kappa shape index (κ3) is 4.72. The molecule has 2 aromatic carbocycles. The fourth-order valence-electron chi connectivity index (χ4n) is 3.76. The molecule has 1 saturated carbocycles. The Labute approximate surface area is 165 Å². The van der Waals surface area contributed by atoms with E-state index in [0.29, 0.717) is 5.69 Å². The number of halogens is 1. The van der Waals surface area contributed by atoms with Crippen LogP contribution in [0.15, 0.2) is 52.3 Å². The van der Waals surface area contributed by atoms with Gasteiger partial charge in [-0.2, -0.15) is 0 Å². The molecule has 0 radical (unpaired) electrons. The lowest BCUT2D eigenvalue weighted by molar-refractivity contribution is 0.468. The Morgan fingerprint density at radius 2 is 1.54 bits per heavy atom. The highest BCUT2D eigenvalue weighted by atomic mass is 32.2. The molecule has 152 valence electrons. The van der Waals surface area contributed by atoms with Crippen LogP contribution in [0.25, 0.3) is 0 Å². The van der Waals surface area contributed by atoms with E-state index in [9.17, 15) is 21.2 Å². The van der Waals surface area contributed by atoms with Crippen LogP contribution in [-0.4, -0.2) is 29.3 Å². The number of anilines is 1. The number of benzene rings is 2. The molecule has 1 atom stereocenters. The van der Waals surface area contributed by atoms with Crippen molar-refractivity contribution in [2.45, 2.75) is 41.5 Å². The van der Waals surface area contributed by atoms with Gasteiger partial charge in [0, 0.05) is 12.5 Å². The number of sulfone groups is 2. The molecule has 0 amide bonds. The van der Waals surface area contributed by atoms with E-state index in [4.69, 9.17) is 0 Å². The summed E-state index contributed by atoms with van der Waals surface area (Å²) in [6.07, 6.45) is 6.27. The summed E-state index contributed by atoms with van der Waals surface area (Å²) in [7, 11) is -7.20. The van der Waals surface area contributed by atoms with Gasteiger partial charge in [0.2, 0.25) is 0 Å². The van der Waals surface area contributed by atoms with Crippen molar-refractivity contribution in [2.75, 3.05) is 17.8 Å². The van der Waals surface area contributed by atoms with Crippen molar-refractivity contribution in [2.24, 2.45) is 5.92 Å². The van der Waals surface area contributed by atoms with Gasteiger partial charge < -0.3 is 5.32 Å². The molecule has 0 spiro atoms. The Morgan fingerprint density at radius 1 is 0.929 bits per heavy atom. The molecular formula is C20H24FNO4S2. The molecule has 0 saturated heterocycles. The monoisotopic (exact) mass is 425 g/mol. The van der Waals surface area contributed by atoms with Gasteiger partial charge in [0.25, 0.3) is 0 Å². The second-order valence-corrected chi connectivity index (χ2v) is 11.4. The standard InChI is InChI=1S/C20H24FNO4S2/c1-27(23,24)17-11-12-18(19(13-17)28(2,25)26)22-20(14-5-3-4-6-14)15-7-9-16(21)10-8-15/h7-14,20,22H,3-6H2,1-2H3. The molecule has 0 bridgehead atoms. The molecule has 8 heteroatoms. The second-order valence-electron chi connectivity index (χ2n) is 7.42. The van der Waals surface area contributed by atoms with E-state index in [-0.39, 0.29) is 27.6 Å². The molecule has 3 rings (SSSR count). The van der Waals surface area contributed by atoms with Crippen molar-refractivity contribution >= 4 is 25.4 Å². The summed E-state index contributed by atoms with van der Waals surface area (Å²) >= 11 is 0. The van der Waals surface area contributed by atoms with Crippen molar-refractivity contribution in [1.29, 1.82) is 0 Å². The summed E-state index contributed by atoms with van der Waals surface area (Å²) in [5.41, 5.74) is 1.23. The third-order valence-electron chi connectivity index (χ3n) is 5.19. The van der Waals surface area contributed by atoms with Gasteiger partial charge >= 0.3 is 0 Å². The molecular weight excluding hydrogens is 401 g/mol. The highest BCUT2D eigenvalue weighted by Gasteiger charge is 2.28. The third-order valence-corrected chi connectivity index (χ3v) is 7.44. The van der Waals surface area contributed by atoms with Gasteiger partial charge in [0.1, 0.15) is 5.82 Å². The minimum absolute atomic E-state index is 0.0438. The quantitative estimate of drug-likeness (QED) is 0.757. The first-order chi connectivity index (χ1) is 13.1. The molecule has 5 nitrogen and oxygen atoms in total. The maximum atomic E-state index is 13.4. The van der Waals surface area contributed by atoms with E-state index in [1.165, 1.54) is 30.3 Å². The SMILES string of the molecule is CS(=O)(=O)c1ccc(NC(c2ccc(F)cc2)C2CCCC2)c(S(C)(=O)=O)c1. The number of nitrogens with one attached hydrogen (secondary N) is 1. The van der Waals surface area contributed by atoms with Gasteiger partial charge in [0.15, 0.2) is 19.7 Å². The predicted molar refractivity (Wildman–Crippen MR) is 107 cm³/mol. The average Bonchev–Trinajstić information content (AvgIpc) is 3.13. The Balaban J connectivity index is 2.06. The van der Waals surface area contributed by atoms with Crippen LogP contribution in [0.5, 0.6) is 0 Å². The van der Waals surface area contributed by atoms with Crippen LogP contribution in [0.4, 0.5) is 10.1 Å². The van der Waals surface area contributed by atoms with Crippen molar-refractivity contribution in [3.63, 3.8) is 0 Å². The first-order valence-corrected chi connectivity index (χ1v) is 12.9. The first-order valence-electron chi connectivity index (χ1n) is 9.12. The van der Waals surface area contributed by atoms with Crippen LogP contribution in [0.2, 0.25) is 0 Å². The van der Waals surface area contributed by atoms with Gasteiger partial charge in [-0.05, 0) is 54.7 Å². The Hall–Kier alpha value is -1.93. The first kappa shape index (κ1) is 20.8. The smallest absolute Gasteiger partial charge is 0.177 e. The van der Waals surface area contributed by atoms with Crippen LogP contribution < -0.4 is 5.32 Å². The Morgan fingerprint density at radius 3 is 2.07 bits per heavy atom. The van der Waals surface area contributed by atoms with E-state index in [1.807, 2.05) is 0 Å². The molecule has 2 aromatic rings. The van der Waals surface area contributed by atoms with E-state index < -0.39 is 19.7 Å². The second kappa shape index (κ2) is 7.83. The summed E-state index contributed by atoms with van der Waals surface area (Å²) in [6.45, 7) is 0. The topological polar surface area (TPSA) is 80.3 Å². The fourth-order valence-corrected chi connectivity index (χ4v) is 5.35. The molecule has 0 aliphatic heterocycles. The van der Waals surface area contributed by atoms with E-state index in [0.717, 1.165) is 43.8 Å². The summed E-state index contributed by atoms with van der Waals surface area (Å²) in [5, 5.41) is 3.31. The lowest BCUT2D eigenvalue weighted by Gasteiger charge is -2.27. The molecule has 1 unspecified atom stereocenters. The zero-order chi connectivity index (χ0) is 20.5. The van der Waals surface area contributed by atoms with Gasteiger partial charge in [-0.1, -0.05) is 25.0 Å². The van der Waals surface area contributed by atoms with Crippen molar-refractivity contribution in [3.8, 4) is 0 Å². The van der Waals surface area contributed by atoms with E-state index in [2.05, 4.69) is 5.32 Å². The van der Waals surface area contributed by atoms with E-state index >= 15 is 0 Å². The van der Waals surface area contributed by atoms with E-state index in [1.54, 1.807) is 12.1 Å². The summed E-state index contributed by atoms with van der Waals surface area (Å²) in [5.74, 6) is -0.0456. The van der Waals surface area contributed by atoms with Crippen LogP contribution in [0.1, 0.15) is 37.3 Å². The minimum atomic E-state index is -3.66. The Kier molecular flexibility index (Phi) is 5.82. The number of rotatable bonds is 6. The number of hydrogen-bond acceptors (Lipinski definition) is 5. The molecule has 28 heavy (non-hydrogen) atoms. The van der Waals surface area contributed by atoms with Crippen molar-refractivity contribution in [1.82, 2.24) is 0 Å². The maximum Gasteiger partial charge on any atom is 0.177 e. The lowest BCUT2D eigenvalue weighted by atomic mass is 9.91. The van der Waals surface area contributed by atoms with Crippen molar-refractivity contribution < 1.29 is 21.2 Å². The normalized spacial score (nSPS) is 16.8. The van der Waals surface area contributed by atoms with Gasteiger partial charge in [0.05, 0.1) is 21.5 Å². The zero-order valence-corrected chi connectivity index (χ0v) is 17.5. The van der Waals surface area contributed by atoms with Gasteiger partial charge in [-0.3, -0.25) is 0 Å². The molecule has 1 fully saturated rings. The van der Waals surface area contributed by atoms with Crippen LogP contribution in [0.3, 0.4) is 0 Å². The molecule has 1 N–H and O–H groups in total. The average molecular weight is 426 g/mol. The maximum absolute atomic E-state index is 13.4. The molecule has 1 aliphatic rings. The highest BCUT2D eigenvalue weighted by Crippen LogP contribution is 2.39. The lowest BCUT2D eigenvalue weighted by Crippen LogP contribution is -2.20. The van der Waals surface area contributed by atoms with Gasteiger partial charge in [-0.15, -0.1) is 0 Å². The summed E-state index contributed by atoms with van der Waals surface area (Å²) in [6, 6.07) is 10.1. The zero-order valence-electron chi connectivity index (χ0n) is 15.9. The van der Waals surface area contributed by atoms with Crippen LogP contribution in [0, 0.1) is 11.7 Å².